The topological polar surface area (TPSA) is 60.1 Å². The van der Waals surface area contributed by atoms with Crippen molar-refractivity contribution in [1.82, 2.24) is 9.55 Å². The van der Waals surface area contributed by atoms with Crippen LogP contribution in [0.3, 0.4) is 0 Å². The molecular formula is C29H23N3O2. The molecule has 5 nitrogen and oxygen atoms in total. The summed E-state index contributed by atoms with van der Waals surface area (Å²) in [7, 11) is 1.67. The maximum atomic E-state index is 9.15. The summed E-state index contributed by atoms with van der Waals surface area (Å²) in [4.78, 5) is 4.69. The van der Waals surface area contributed by atoms with Crippen molar-refractivity contribution < 1.29 is 9.47 Å². The van der Waals surface area contributed by atoms with Crippen molar-refractivity contribution >= 4 is 10.8 Å². The lowest BCUT2D eigenvalue weighted by Gasteiger charge is -2.29. The summed E-state index contributed by atoms with van der Waals surface area (Å²) in [6.07, 6.45) is 1.70. The van der Waals surface area contributed by atoms with E-state index >= 15 is 0 Å². The van der Waals surface area contributed by atoms with Crippen molar-refractivity contribution in [3.05, 3.63) is 125 Å². The number of rotatable bonds is 4. The maximum absolute atomic E-state index is 9.15. The van der Waals surface area contributed by atoms with Crippen molar-refractivity contribution in [2.45, 2.75) is 12.5 Å². The zero-order valence-corrected chi connectivity index (χ0v) is 18.7. The van der Waals surface area contributed by atoms with Gasteiger partial charge in [-0.15, -0.1) is 0 Å². The zero-order chi connectivity index (χ0) is 23.1. The lowest BCUT2D eigenvalue weighted by Crippen LogP contribution is -2.30. The molecule has 1 aromatic heterocycles. The van der Waals surface area contributed by atoms with E-state index in [0.29, 0.717) is 17.9 Å². The summed E-state index contributed by atoms with van der Waals surface area (Å²) in [6.45, 7) is 0.569. The van der Waals surface area contributed by atoms with Crippen LogP contribution in [0.15, 0.2) is 97.3 Å². The fourth-order valence-electron chi connectivity index (χ4n) is 4.74. The van der Waals surface area contributed by atoms with Crippen LogP contribution < -0.4 is 15.0 Å². The third-order valence-corrected chi connectivity index (χ3v) is 6.44. The summed E-state index contributed by atoms with van der Waals surface area (Å²) in [6, 6.07) is 30.6. The van der Waals surface area contributed by atoms with E-state index in [1.807, 2.05) is 47.0 Å². The van der Waals surface area contributed by atoms with E-state index in [2.05, 4.69) is 53.5 Å². The van der Waals surface area contributed by atoms with Crippen LogP contribution in [0.1, 0.15) is 28.2 Å². The van der Waals surface area contributed by atoms with Crippen molar-refractivity contribution in [2.75, 3.05) is 7.11 Å². The average molecular weight is 446 g/mol. The molecule has 0 radical (unpaired) electrons. The largest absolute Gasteiger partial charge is 0.497 e. The van der Waals surface area contributed by atoms with E-state index < -0.39 is 0 Å². The number of aromatic nitrogens is 2. The predicted octanol–water partition coefficient (Wildman–Crippen LogP) is 5.86. The highest BCUT2D eigenvalue weighted by molar-refractivity contribution is 5.91. The molecule has 1 aliphatic heterocycles. The van der Waals surface area contributed by atoms with Crippen LogP contribution in [0, 0.1) is 5.41 Å². The van der Waals surface area contributed by atoms with Gasteiger partial charge in [-0.3, -0.25) is 5.41 Å². The molecule has 5 heteroatoms. The quantitative estimate of drug-likeness (QED) is 0.370. The average Bonchev–Trinajstić information content (AvgIpc) is 2.90. The van der Waals surface area contributed by atoms with Gasteiger partial charge >= 0.3 is 0 Å². The Hall–Kier alpha value is -4.38. The second-order valence-corrected chi connectivity index (χ2v) is 8.44. The van der Waals surface area contributed by atoms with Gasteiger partial charge in [0.05, 0.1) is 19.2 Å². The number of benzene rings is 4. The van der Waals surface area contributed by atoms with Gasteiger partial charge in [-0.1, -0.05) is 78.9 Å². The molecule has 0 unspecified atom stereocenters. The minimum absolute atomic E-state index is 0.183. The number of nitrogens with zero attached hydrogens (tertiary/aromatic N) is 2. The molecule has 0 fully saturated rings. The summed E-state index contributed by atoms with van der Waals surface area (Å²) < 4.78 is 13.7. The SMILES string of the molecule is COc1ccc([C@@H]2c3ccc4ccccc4c3Oc3ncn(Cc4ccccc4)c(=N)c32)cc1. The lowest BCUT2D eigenvalue weighted by atomic mass is 9.83. The second-order valence-electron chi connectivity index (χ2n) is 8.44. The Kier molecular flexibility index (Phi) is 4.88. The van der Waals surface area contributed by atoms with E-state index in [1.54, 1.807) is 13.4 Å². The molecule has 0 spiro atoms. The Balaban J connectivity index is 1.57. The van der Waals surface area contributed by atoms with Crippen molar-refractivity contribution in [3.8, 4) is 17.4 Å². The monoisotopic (exact) mass is 445 g/mol. The van der Waals surface area contributed by atoms with Crippen molar-refractivity contribution in [1.29, 1.82) is 5.41 Å². The molecule has 0 amide bonds. The van der Waals surface area contributed by atoms with Crippen LogP contribution in [0.5, 0.6) is 17.4 Å². The predicted molar refractivity (Wildman–Crippen MR) is 132 cm³/mol. The van der Waals surface area contributed by atoms with E-state index in [4.69, 9.17) is 14.9 Å². The lowest BCUT2D eigenvalue weighted by molar-refractivity contribution is 0.414. The van der Waals surface area contributed by atoms with Gasteiger partial charge in [0.1, 0.15) is 23.3 Å². The van der Waals surface area contributed by atoms with Crippen LogP contribution in [0.4, 0.5) is 0 Å². The zero-order valence-electron chi connectivity index (χ0n) is 18.7. The van der Waals surface area contributed by atoms with Crippen molar-refractivity contribution in [3.63, 3.8) is 0 Å². The van der Waals surface area contributed by atoms with Gasteiger partial charge in [0.2, 0.25) is 5.88 Å². The molecule has 2 heterocycles. The van der Waals surface area contributed by atoms with Crippen LogP contribution in [-0.2, 0) is 6.54 Å². The molecule has 1 aliphatic rings. The third-order valence-electron chi connectivity index (χ3n) is 6.44. The number of nitrogens with one attached hydrogen (secondary N) is 1. The van der Waals surface area contributed by atoms with E-state index in [0.717, 1.165) is 44.5 Å². The number of hydrogen-bond acceptors (Lipinski definition) is 4. The molecule has 1 N–H and O–H groups in total. The molecule has 0 aliphatic carbocycles. The molecular weight excluding hydrogens is 422 g/mol. The molecule has 5 aromatic rings. The molecule has 4 aromatic carbocycles. The maximum Gasteiger partial charge on any atom is 0.228 e. The Morgan fingerprint density at radius 3 is 2.47 bits per heavy atom. The van der Waals surface area contributed by atoms with Gasteiger partial charge in [-0.25, -0.2) is 4.98 Å². The first kappa shape index (κ1) is 20.2. The molecule has 0 bridgehead atoms. The normalized spacial score (nSPS) is 14.2. The molecule has 1 atom stereocenters. The first-order valence-electron chi connectivity index (χ1n) is 11.2. The van der Waals surface area contributed by atoms with Crippen LogP contribution in [-0.4, -0.2) is 16.7 Å². The number of fused-ring (bicyclic) bond motifs is 4. The number of ether oxygens (including phenoxy) is 2. The van der Waals surface area contributed by atoms with E-state index in [9.17, 15) is 0 Å². The van der Waals surface area contributed by atoms with Gasteiger partial charge in [0.25, 0.3) is 0 Å². The molecule has 34 heavy (non-hydrogen) atoms. The smallest absolute Gasteiger partial charge is 0.228 e. The highest BCUT2D eigenvalue weighted by Gasteiger charge is 2.33. The Labute approximate surface area is 197 Å². The fourth-order valence-corrected chi connectivity index (χ4v) is 4.74. The third kappa shape index (κ3) is 3.33. The summed E-state index contributed by atoms with van der Waals surface area (Å²) in [5.41, 5.74) is 4.38. The highest BCUT2D eigenvalue weighted by atomic mass is 16.5. The standard InChI is InChI=1S/C29H23N3O2/c1-33-22-14-11-21(12-15-22)25-24-16-13-20-9-5-6-10-23(20)27(24)34-29-26(25)28(30)32(18-31-29)17-19-7-3-2-4-8-19/h2-16,18,25,30H,17H2,1H3/t25-/m1/s1. The van der Waals surface area contributed by atoms with Gasteiger partial charge in [0, 0.05) is 16.9 Å². The number of hydrogen-bond donors (Lipinski definition) is 1. The van der Waals surface area contributed by atoms with E-state index in [1.165, 1.54) is 0 Å². The highest BCUT2D eigenvalue weighted by Crippen LogP contribution is 2.48. The second kappa shape index (κ2) is 8.19. The van der Waals surface area contributed by atoms with Gasteiger partial charge < -0.3 is 14.0 Å². The Bertz CT molecular complexity index is 1560. The number of methoxy groups -OCH3 is 1. The minimum Gasteiger partial charge on any atom is -0.497 e. The Morgan fingerprint density at radius 2 is 1.68 bits per heavy atom. The van der Waals surface area contributed by atoms with Crippen LogP contribution in [0.25, 0.3) is 10.8 Å². The summed E-state index contributed by atoms with van der Waals surface area (Å²) >= 11 is 0. The first-order valence-corrected chi connectivity index (χ1v) is 11.2. The van der Waals surface area contributed by atoms with E-state index in [-0.39, 0.29) is 5.92 Å². The van der Waals surface area contributed by atoms with Gasteiger partial charge in [0.15, 0.2) is 0 Å². The van der Waals surface area contributed by atoms with Gasteiger partial charge in [-0.05, 0) is 28.6 Å². The minimum atomic E-state index is -0.183. The van der Waals surface area contributed by atoms with Gasteiger partial charge in [-0.2, -0.15) is 0 Å². The van der Waals surface area contributed by atoms with Crippen molar-refractivity contribution in [2.24, 2.45) is 0 Å². The Morgan fingerprint density at radius 1 is 0.912 bits per heavy atom. The summed E-state index contributed by atoms with van der Waals surface area (Å²) in [5, 5.41) is 11.3. The molecule has 0 saturated carbocycles. The summed E-state index contributed by atoms with van der Waals surface area (Å²) in [5.74, 6) is 1.90. The fraction of sp³-hybridized carbons (Fsp3) is 0.103. The van der Waals surface area contributed by atoms with Crippen LogP contribution >= 0.6 is 0 Å². The molecule has 0 saturated heterocycles. The first-order chi connectivity index (χ1) is 16.7. The molecule has 6 rings (SSSR count). The van der Waals surface area contributed by atoms with Crippen LogP contribution in [0.2, 0.25) is 0 Å². The molecule has 166 valence electrons.